The molecule has 3 heteroatoms. The van der Waals surface area contributed by atoms with Gasteiger partial charge in [-0.1, -0.05) is 30.3 Å². The molecule has 0 atom stereocenters. The van der Waals surface area contributed by atoms with Crippen LogP contribution in [0.2, 0.25) is 0 Å². The van der Waals surface area contributed by atoms with Crippen LogP contribution in [-0.2, 0) is 6.54 Å². The molecule has 0 saturated carbocycles. The zero-order valence-electron chi connectivity index (χ0n) is 12.4. The second-order valence-corrected chi connectivity index (χ2v) is 6.49. The molecule has 0 spiro atoms. The van der Waals surface area contributed by atoms with Gasteiger partial charge in [0, 0.05) is 16.3 Å². The summed E-state index contributed by atoms with van der Waals surface area (Å²) in [5.41, 5.74) is 1.31. The van der Waals surface area contributed by atoms with Crippen molar-refractivity contribution < 1.29 is 0 Å². The Morgan fingerprint density at radius 2 is 1.80 bits per heavy atom. The van der Waals surface area contributed by atoms with Crippen molar-refractivity contribution in [3.05, 3.63) is 47.3 Å². The van der Waals surface area contributed by atoms with Crippen molar-refractivity contribution in [2.75, 3.05) is 27.2 Å². The minimum absolute atomic E-state index is 0.986. The quantitative estimate of drug-likeness (QED) is 0.742. The lowest BCUT2D eigenvalue weighted by Gasteiger charge is -2.08. The second kappa shape index (κ2) is 8.20. The first-order valence-corrected chi connectivity index (χ1v) is 8.07. The number of benzene rings is 1. The Bertz CT molecular complexity index is 491. The zero-order chi connectivity index (χ0) is 14.2. The fourth-order valence-electron chi connectivity index (χ4n) is 2.12. The molecule has 0 radical (unpaired) electrons. The molecule has 20 heavy (non-hydrogen) atoms. The van der Waals surface area contributed by atoms with E-state index < -0.39 is 0 Å². The fraction of sp³-hybridized carbons (Fsp3) is 0.412. The summed E-state index contributed by atoms with van der Waals surface area (Å²) in [4.78, 5) is 5.01. The smallest absolute Gasteiger partial charge is 0.0346 e. The van der Waals surface area contributed by atoms with Crippen LogP contribution in [0, 0.1) is 0 Å². The predicted octanol–water partition coefficient (Wildman–Crippen LogP) is 3.85. The molecule has 1 aromatic heterocycles. The molecular formula is C17H24N2S. The summed E-state index contributed by atoms with van der Waals surface area (Å²) >= 11 is 1.88. The summed E-state index contributed by atoms with van der Waals surface area (Å²) in [7, 11) is 4.26. The number of unbranched alkanes of at least 4 members (excludes halogenated alkanes) is 1. The second-order valence-electron chi connectivity index (χ2n) is 5.32. The summed E-state index contributed by atoms with van der Waals surface area (Å²) in [5, 5.41) is 3.53. The van der Waals surface area contributed by atoms with Gasteiger partial charge in [-0.3, -0.25) is 0 Å². The monoisotopic (exact) mass is 288 g/mol. The Balaban J connectivity index is 1.71. The van der Waals surface area contributed by atoms with E-state index in [-0.39, 0.29) is 0 Å². The Hall–Kier alpha value is -1.16. The van der Waals surface area contributed by atoms with E-state index in [4.69, 9.17) is 0 Å². The number of hydrogen-bond acceptors (Lipinski definition) is 3. The van der Waals surface area contributed by atoms with Gasteiger partial charge in [0.05, 0.1) is 0 Å². The number of nitrogens with one attached hydrogen (secondary N) is 1. The molecular weight excluding hydrogens is 264 g/mol. The van der Waals surface area contributed by atoms with Gasteiger partial charge in [-0.25, -0.2) is 0 Å². The lowest BCUT2D eigenvalue weighted by molar-refractivity contribution is 0.392. The van der Waals surface area contributed by atoms with E-state index in [9.17, 15) is 0 Å². The van der Waals surface area contributed by atoms with E-state index >= 15 is 0 Å². The molecule has 2 nitrogen and oxygen atoms in total. The minimum Gasteiger partial charge on any atom is -0.312 e. The van der Waals surface area contributed by atoms with Gasteiger partial charge >= 0.3 is 0 Å². The topological polar surface area (TPSA) is 15.3 Å². The highest BCUT2D eigenvalue weighted by molar-refractivity contribution is 7.15. The van der Waals surface area contributed by atoms with Crippen molar-refractivity contribution >= 4 is 11.3 Å². The molecule has 0 saturated heterocycles. The van der Waals surface area contributed by atoms with Gasteiger partial charge in [-0.15, -0.1) is 11.3 Å². The van der Waals surface area contributed by atoms with E-state index in [0.717, 1.165) is 13.1 Å². The summed E-state index contributed by atoms with van der Waals surface area (Å²) in [6.07, 6.45) is 2.51. The lowest BCUT2D eigenvalue weighted by Crippen LogP contribution is -2.17. The highest BCUT2D eigenvalue weighted by Gasteiger charge is 2.02. The van der Waals surface area contributed by atoms with Crippen molar-refractivity contribution in [2.45, 2.75) is 19.4 Å². The van der Waals surface area contributed by atoms with E-state index in [1.165, 1.54) is 34.7 Å². The summed E-state index contributed by atoms with van der Waals surface area (Å²) < 4.78 is 0. The SMILES string of the molecule is CN(C)CCCCNCc1ccc(-c2ccccc2)s1. The van der Waals surface area contributed by atoms with Gasteiger partial charge in [0.1, 0.15) is 0 Å². The van der Waals surface area contributed by atoms with Crippen LogP contribution in [0.3, 0.4) is 0 Å². The van der Waals surface area contributed by atoms with Crippen molar-refractivity contribution in [3.63, 3.8) is 0 Å². The molecule has 1 aromatic carbocycles. The van der Waals surface area contributed by atoms with E-state index in [0.29, 0.717) is 0 Å². The van der Waals surface area contributed by atoms with Crippen LogP contribution in [0.1, 0.15) is 17.7 Å². The van der Waals surface area contributed by atoms with Crippen LogP contribution in [-0.4, -0.2) is 32.1 Å². The Kier molecular flexibility index (Phi) is 6.25. The standard InChI is InChI=1S/C17H24N2S/c1-19(2)13-7-6-12-18-14-16-10-11-17(20-16)15-8-4-3-5-9-15/h3-5,8-11,18H,6-7,12-14H2,1-2H3. The maximum atomic E-state index is 3.53. The molecule has 0 aliphatic rings. The van der Waals surface area contributed by atoms with E-state index in [1.54, 1.807) is 0 Å². The third kappa shape index (κ3) is 5.08. The highest BCUT2D eigenvalue weighted by Crippen LogP contribution is 2.27. The maximum absolute atomic E-state index is 3.53. The number of nitrogens with zero attached hydrogens (tertiary/aromatic N) is 1. The average molecular weight is 288 g/mol. The van der Waals surface area contributed by atoms with Gasteiger partial charge in [0.2, 0.25) is 0 Å². The number of hydrogen-bond donors (Lipinski definition) is 1. The highest BCUT2D eigenvalue weighted by atomic mass is 32.1. The average Bonchev–Trinajstić information content (AvgIpc) is 2.92. The maximum Gasteiger partial charge on any atom is 0.0346 e. The van der Waals surface area contributed by atoms with Crippen LogP contribution in [0.15, 0.2) is 42.5 Å². The molecule has 0 unspecified atom stereocenters. The predicted molar refractivity (Wildman–Crippen MR) is 89.2 cm³/mol. The summed E-state index contributed by atoms with van der Waals surface area (Å²) in [6, 6.07) is 15.1. The van der Waals surface area contributed by atoms with Crippen LogP contribution in [0.4, 0.5) is 0 Å². The molecule has 108 valence electrons. The minimum atomic E-state index is 0.986. The number of thiophene rings is 1. The molecule has 0 fully saturated rings. The molecule has 0 bridgehead atoms. The largest absolute Gasteiger partial charge is 0.312 e. The third-order valence-electron chi connectivity index (χ3n) is 3.23. The first kappa shape index (κ1) is 15.2. The summed E-state index contributed by atoms with van der Waals surface area (Å²) in [6.45, 7) is 3.27. The normalized spacial score (nSPS) is 11.2. The Morgan fingerprint density at radius 3 is 2.55 bits per heavy atom. The number of rotatable bonds is 8. The molecule has 1 N–H and O–H groups in total. The molecule has 0 aliphatic carbocycles. The lowest BCUT2D eigenvalue weighted by atomic mass is 10.2. The van der Waals surface area contributed by atoms with Crippen molar-refractivity contribution in [1.82, 2.24) is 10.2 Å². The molecule has 0 aliphatic heterocycles. The molecule has 2 rings (SSSR count). The van der Waals surface area contributed by atoms with Gasteiger partial charge in [0.25, 0.3) is 0 Å². The zero-order valence-corrected chi connectivity index (χ0v) is 13.2. The van der Waals surface area contributed by atoms with E-state index in [1.807, 2.05) is 11.3 Å². The Labute approximate surface area is 126 Å². The van der Waals surface area contributed by atoms with Gasteiger partial charge in [-0.2, -0.15) is 0 Å². The first-order chi connectivity index (χ1) is 9.75. The molecule has 0 amide bonds. The summed E-state index contributed by atoms with van der Waals surface area (Å²) in [5.74, 6) is 0. The van der Waals surface area contributed by atoms with Gasteiger partial charge in [0.15, 0.2) is 0 Å². The van der Waals surface area contributed by atoms with Crippen molar-refractivity contribution in [1.29, 1.82) is 0 Å². The molecule has 1 heterocycles. The van der Waals surface area contributed by atoms with Crippen molar-refractivity contribution in [3.8, 4) is 10.4 Å². The van der Waals surface area contributed by atoms with Crippen LogP contribution in [0.25, 0.3) is 10.4 Å². The fourth-order valence-corrected chi connectivity index (χ4v) is 3.10. The Morgan fingerprint density at radius 1 is 1.00 bits per heavy atom. The van der Waals surface area contributed by atoms with Crippen molar-refractivity contribution in [2.24, 2.45) is 0 Å². The van der Waals surface area contributed by atoms with Crippen LogP contribution in [0.5, 0.6) is 0 Å². The van der Waals surface area contributed by atoms with Crippen LogP contribution >= 0.6 is 11.3 Å². The molecule has 2 aromatic rings. The third-order valence-corrected chi connectivity index (χ3v) is 4.36. The first-order valence-electron chi connectivity index (χ1n) is 7.25. The van der Waals surface area contributed by atoms with Crippen LogP contribution < -0.4 is 5.32 Å². The van der Waals surface area contributed by atoms with Gasteiger partial charge in [-0.05, 0) is 57.7 Å². The van der Waals surface area contributed by atoms with E-state index in [2.05, 4.69) is 66.8 Å². The van der Waals surface area contributed by atoms with Gasteiger partial charge < -0.3 is 10.2 Å².